The number of amides is 1. The Kier molecular flexibility index (Phi) is 5.70. The van der Waals surface area contributed by atoms with Gasteiger partial charge in [0, 0.05) is 36.2 Å². The summed E-state index contributed by atoms with van der Waals surface area (Å²) >= 11 is 0. The molecule has 1 saturated heterocycles. The van der Waals surface area contributed by atoms with Crippen LogP contribution in [0, 0.1) is 5.92 Å². The Balaban J connectivity index is 1.39. The number of rotatable bonds is 5. The minimum atomic E-state index is -0.261. The van der Waals surface area contributed by atoms with Crippen LogP contribution in [0.15, 0.2) is 67.0 Å². The van der Waals surface area contributed by atoms with Gasteiger partial charge in [0.15, 0.2) is 0 Å². The predicted molar refractivity (Wildman–Crippen MR) is 117 cm³/mol. The number of nitrogens with zero attached hydrogens (tertiary/aromatic N) is 3. The van der Waals surface area contributed by atoms with E-state index in [0.717, 1.165) is 30.4 Å². The molecule has 148 valence electrons. The van der Waals surface area contributed by atoms with Gasteiger partial charge in [0.25, 0.3) is 5.91 Å². The highest BCUT2D eigenvalue weighted by molar-refractivity contribution is 6.03. The van der Waals surface area contributed by atoms with Crippen LogP contribution in [0.4, 0.5) is 22.9 Å². The third-order valence-corrected chi connectivity index (χ3v) is 5.22. The second-order valence-electron chi connectivity index (χ2n) is 7.45. The van der Waals surface area contributed by atoms with E-state index in [1.807, 2.05) is 42.5 Å². The number of hydrogen-bond donors (Lipinski definition) is 2. The Labute approximate surface area is 171 Å². The van der Waals surface area contributed by atoms with Gasteiger partial charge in [-0.1, -0.05) is 25.1 Å². The number of carbonyl (C=O) groups is 1. The lowest BCUT2D eigenvalue weighted by Gasteiger charge is -2.32. The van der Waals surface area contributed by atoms with Gasteiger partial charge < -0.3 is 15.5 Å². The van der Waals surface area contributed by atoms with Gasteiger partial charge >= 0.3 is 0 Å². The molecule has 2 N–H and O–H groups in total. The summed E-state index contributed by atoms with van der Waals surface area (Å²) in [6.07, 6.45) is 3.84. The van der Waals surface area contributed by atoms with Crippen molar-refractivity contribution in [2.45, 2.75) is 19.8 Å². The van der Waals surface area contributed by atoms with Gasteiger partial charge in [0.05, 0.1) is 0 Å². The third kappa shape index (κ3) is 4.90. The molecule has 1 aliphatic heterocycles. The van der Waals surface area contributed by atoms with Crippen molar-refractivity contribution < 1.29 is 4.79 Å². The Bertz CT molecular complexity index is 951. The normalized spacial score (nSPS) is 14.4. The van der Waals surface area contributed by atoms with Gasteiger partial charge in [0.1, 0.15) is 17.8 Å². The predicted octanol–water partition coefficient (Wildman–Crippen LogP) is 4.71. The molecule has 29 heavy (non-hydrogen) atoms. The molecule has 0 spiro atoms. The lowest BCUT2D eigenvalue weighted by Crippen LogP contribution is -2.32. The maximum Gasteiger partial charge on any atom is 0.274 e. The van der Waals surface area contributed by atoms with Crippen molar-refractivity contribution in [1.82, 2.24) is 9.97 Å². The molecule has 0 unspecified atom stereocenters. The molecule has 0 bridgehead atoms. The van der Waals surface area contributed by atoms with Gasteiger partial charge in [-0.2, -0.15) is 0 Å². The molecule has 1 aliphatic rings. The largest absolute Gasteiger partial charge is 0.372 e. The molecule has 1 amide bonds. The molecule has 1 aromatic heterocycles. The van der Waals surface area contributed by atoms with Crippen LogP contribution in [-0.4, -0.2) is 29.0 Å². The lowest BCUT2D eigenvalue weighted by molar-refractivity contribution is 0.102. The fourth-order valence-electron chi connectivity index (χ4n) is 3.44. The summed E-state index contributed by atoms with van der Waals surface area (Å²) in [5.41, 5.74) is 3.17. The van der Waals surface area contributed by atoms with Crippen LogP contribution < -0.4 is 15.5 Å². The number of para-hydroxylation sites is 1. The van der Waals surface area contributed by atoms with Crippen molar-refractivity contribution in [3.8, 4) is 0 Å². The van der Waals surface area contributed by atoms with E-state index < -0.39 is 0 Å². The van der Waals surface area contributed by atoms with Crippen LogP contribution in [0.3, 0.4) is 0 Å². The minimum Gasteiger partial charge on any atom is -0.372 e. The molecule has 0 radical (unpaired) electrons. The van der Waals surface area contributed by atoms with E-state index in [4.69, 9.17) is 0 Å². The highest BCUT2D eigenvalue weighted by atomic mass is 16.1. The molecule has 1 fully saturated rings. The second-order valence-corrected chi connectivity index (χ2v) is 7.45. The van der Waals surface area contributed by atoms with Crippen molar-refractivity contribution in [3.63, 3.8) is 0 Å². The van der Waals surface area contributed by atoms with Gasteiger partial charge in [-0.15, -0.1) is 0 Å². The van der Waals surface area contributed by atoms with Crippen LogP contribution in [0.2, 0.25) is 0 Å². The lowest BCUT2D eigenvalue weighted by atomic mass is 9.99. The summed E-state index contributed by atoms with van der Waals surface area (Å²) in [4.78, 5) is 23.3. The van der Waals surface area contributed by atoms with Gasteiger partial charge in [-0.25, -0.2) is 9.97 Å². The molecule has 2 heterocycles. The quantitative estimate of drug-likeness (QED) is 0.663. The Morgan fingerprint density at radius 1 is 0.966 bits per heavy atom. The van der Waals surface area contributed by atoms with Crippen LogP contribution >= 0.6 is 0 Å². The molecule has 4 rings (SSSR count). The van der Waals surface area contributed by atoms with E-state index in [1.54, 1.807) is 6.07 Å². The molecule has 6 heteroatoms. The van der Waals surface area contributed by atoms with Crippen LogP contribution in [-0.2, 0) is 0 Å². The van der Waals surface area contributed by atoms with Gasteiger partial charge in [-0.3, -0.25) is 4.79 Å². The molecular weight excluding hydrogens is 362 g/mol. The van der Waals surface area contributed by atoms with Crippen molar-refractivity contribution in [3.05, 3.63) is 72.7 Å². The average Bonchev–Trinajstić information content (AvgIpc) is 2.76. The second kappa shape index (κ2) is 8.73. The van der Waals surface area contributed by atoms with Crippen LogP contribution in [0.25, 0.3) is 0 Å². The summed E-state index contributed by atoms with van der Waals surface area (Å²) in [7, 11) is 0. The number of carbonyl (C=O) groups excluding carboxylic acids is 1. The number of nitrogens with one attached hydrogen (secondary N) is 2. The monoisotopic (exact) mass is 387 g/mol. The number of piperidine rings is 1. The summed E-state index contributed by atoms with van der Waals surface area (Å²) in [6.45, 7) is 4.49. The van der Waals surface area contributed by atoms with Crippen molar-refractivity contribution in [1.29, 1.82) is 0 Å². The molecule has 2 aromatic carbocycles. The zero-order valence-corrected chi connectivity index (χ0v) is 16.5. The number of benzene rings is 2. The number of anilines is 4. The SMILES string of the molecule is CC1CCN(c2ccc(NC(=O)c3cc(Nc4ccccc4)ncn3)cc2)CC1. The topological polar surface area (TPSA) is 70.2 Å². The average molecular weight is 387 g/mol. The molecule has 3 aromatic rings. The van der Waals surface area contributed by atoms with Crippen LogP contribution in [0.1, 0.15) is 30.3 Å². The summed E-state index contributed by atoms with van der Waals surface area (Å²) in [6, 6.07) is 19.3. The Morgan fingerprint density at radius 2 is 1.69 bits per heavy atom. The fourth-order valence-corrected chi connectivity index (χ4v) is 3.44. The van der Waals surface area contributed by atoms with E-state index >= 15 is 0 Å². The minimum absolute atomic E-state index is 0.261. The molecule has 0 atom stereocenters. The Hall–Kier alpha value is -3.41. The van der Waals surface area contributed by atoms with E-state index in [9.17, 15) is 4.79 Å². The van der Waals surface area contributed by atoms with E-state index in [2.05, 4.69) is 44.6 Å². The van der Waals surface area contributed by atoms with Crippen molar-refractivity contribution in [2.75, 3.05) is 28.6 Å². The smallest absolute Gasteiger partial charge is 0.274 e. The molecule has 0 saturated carbocycles. The molecular formula is C23H25N5O. The maximum atomic E-state index is 12.6. The number of hydrogen-bond acceptors (Lipinski definition) is 5. The summed E-state index contributed by atoms with van der Waals surface area (Å²) < 4.78 is 0. The van der Waals surface area contributed by atoms with Crippen molar-refractivity contribution >= 4 is 28.8 Å². The highest BCUT2D eigenvalue weighted by Gasteiger charge is 2.16. The van der Waals surface area contributed by atoms with Gasteiger partial charge in [0.2, 0.25) is 0 Å². The van der Waals surface area contributed by atoms with E-state index in [1.165, 1.54) is 24.9 Å². The van der Waals surface area contributed by atoms with Crippen molar-refractivity contribution in [2.24, 2.45) is 5.92 Å². The number of aromatic nitrogens is 2. The highest BCUT2D eigenvalue weighted by Crippen LogP contribution is 2.24. The van der Waals surface area contributed by atoms with E-state index in [-0.39, 0.29) is 5.91 Å². The Morgan fingerprint density at radius 3 is 2.41 bits per heavy atom. The molecule has 0 aliphatic carbocycles. The van der Waals surface area contributed by atoms with E-state index in [0.29, 0.717) is 11.5 Å². The molecule has 6 nitrogen and oxygen atoms in total. The van der Waals surface area contributed by atoms with Gasteiger partial charge in [-0.05, 0) is 55.2 Å². The third-order valence-electron chi connectivity index (χ3n) is 5.22. The first-order valence-corrected chi connectivity index (χ1v) is 9.98. The first-order chi connectivity index (χ1) is 14.2. The van der Waals surface area contributed by atoms with Crippen LogP contribution in [0.5, 0.6) is 0 Å². The fraction of sp³-hybridized carbons (Fsp3) is 0.261. The first-order valence-electron chi connectivity index (χ1n) is 9.98. The summed E-state index contributed by atoms with van der Waals surface area (Å²) in [5.74, 6) is 1.12. The zero-order chi connectivity index (χ0) is 20.1. The standard InChI is InChI=1S/C23H25N5O/c1-17-11-13-28(14-12-17)20-9-7-19(8-10-20)27-23(29)21-15-22(25-16-24-21)26-18-5-3-2-4-6-18/h2-10,15-17H,11-14H2,1H3,(H,27,29)(H,24,25,26). The summed E-state index contributed by atoms with van der Waals surface area (Å²) in [5, 5.41) is 6.08. The zero-order valence-electron chi connectivity index (χ0n) is 16.5. The maximum absolute atomic E-state index is 12.6. The first kappa shape index (κ1) is 18.9.